The highest BCUT2D eigenvalue weighted by molar-refractivity contribution is 6.19. The number of fused-ring (bicyclic) bond motifs is 4. The number of rotatable bonds is 7. The predicted octanol–water partition coefficient (Wildman–Crippen LogP) is 8.10. The van der Waals surface area contributed by atoms with Crippen LogP contribution in [0.3, 0.4) is 0 Å². The van der Waals surface area contributed by atoms with Crippen LogP contribution in [0.4, 0.5) is 0 Å². The van der Waals surface area contributed by atoms with E-state index in [0.717, 1.165) is 54.9 Å². The summed E-state index contributed by atoms with van der Waals surface area (Å²) in [4.78, 5) is 14.8. The first-order valence-electron chi connectivity index (χ1n) is 15.3. The van der Waals surface area contributed by atoms with Gasteiger partial charge in [0.1, 0.15) is 11.2 Å². The Morgan fingerprint density at radius 1 is 0.574 bits per heavy atom. The summed E-state index contributed by atoms with van der Waals surface area (Å²) >= 11 is 0. The Kier molecular flexibility index (Phi) is 7.00. The summed E-state index contributed by atoms with van der Waals surface area (Å²) in [7, 11) is 0. The van der Waals surface area contributed by atoms with Crippen molar-refractivity contribution in [2.75, 3.05) is 0 Å². The van der Waals surface area contributed by atoms with Crippen molar-refractivity contribution in [3.05, 3.63) is 163 Å². The zero-order valence-corrected chi connectivity index (χ0v) is 25.3. The molecule has 2 heterocycles. The third-order valence-corrected chi connectivity index (χ3v) is 8.28. The number of furan rings is 1. The van der Waals surface area contributed by atoms with Gasteiger partial charge in [-0.15, -0.1) is 0 Å². The zero-order chi connectivity index (χ0) is 31.7. The van der Waals surface area contributed by atoms with Crippen molar-refractivity contribution in [2.24, 2.45) is 0 Å². The van der Waals surface area contributed by atoms with Crippen LogP contribution in [-0.4, -0.2) is 26.4 Å². The fourth-order valence-electron chi connectivity index (χ4n) is 5.95. The van der Waals surface area contributed by atoms with Gasteiger partial charge in [0.05, 0.1) is 11.3 Å². The summed E-state index contributed by atoms with van der Waals surface area (Å²) in [6.45, 7) is 0. The molecular formula is C41H28N5O+. The van der Waals surface area contributed by atoms with Crippen LogP contribution in [0.2, 0.25) is 0 Å². The number of hydrogen-bond acceptors (Lipinski definition) is 5. The Morgan fingerprint density at radius 3 is 1.96 bits per heavy atom. The van der Waals surface area contributed by atoms with Crippen LogP contribution in [0.1, 0.15) is 11.1 Å². The smallest absolute Gasteiger partial charge is 0.204 e. The first-order valence-corrected chi connectivity index (χ1v) is 15.3. The first-order chi connectivity index (χ1) is 23.1. The van der Waals surface area contributed by atoms with Crippen molar-refractivity contribution in [1.82, 2.24) is 15.0 Å². The van der Waals surface area contributed by atoms with Gasteiger partial charge in [-0.1, -0.05) is 109 Å². The van der Waals surface area contributed by atoms with Gasteiger partial charge in [-0.05, 0) is 47.2 Å². The molecule has 6 aromatic carbocycles. The maximum atomic E-state index is 8.93. The molecule has 47 heavy (non-hydrogen) atoms. The Hall–Kier alpha value is -6.53. The molecule has 3 N–H and O–H groups in total. The van der Waals surface area contributed by atoms with Gasteiger partial charge in [-0.25, -0.2) is 15.0 Å². The highest BCUT2D eigenvalue weighted by Crippen LogP contribution is 2.37. The van der Waals surface area contributed by atoms with Gasteiger partial charge in [-0.3, -0.25) is 5.41 Å². The lowest BCUT2D eigenvalue weighted by Crippen LogP contribution is -2.39. The van der Waals surface area contributed by atoms with Gasteiger partial charge in [0.25, 0.3) is 0 Å². The van der Waals surface area contributed by atoms with Crippen molar-refractivity contribution in [3.8, 4) is 34.2 Å². The molecule has 0 saturated heterocycles. The summed E-state index contributed by atoms with van der Waals surface area (Å²) in [6.07, 6.45) is 3.54. The molecular weight excluding hydrogens is 578 g/mol. The van der Waals surface area contributed by atoms with Gasteiger partial charge in [0, 0.05) is 39.1 Å². The van der Waals surface area contributed by atoms with Gasteiger partial charge in [-0.2, -0.15) is 0 Å². The summed E-state index contributed by atoms with van der Waals surface area (Å²) in [5, 5.41) is 19.4. The molecule has 8 aromatic rings. The van der Waals surface area contributed by atoms with E-state index in [1.54, 1.807) is 12.2 Å². The Labute approximate surface area is 270 Å². The molecule has 0 aliphatic heterocycles. The summed E-state index contributed by atoms with van der Waals surface area (Å²) in [5.41, 5.74) is 6.67. The van der Waals surface area contributed by atoms with Crippen LogP contribution in [0.5, 0.6) is 0 Å². The SMILES string of the molecule is N=C(/C=C\C(=[NH2+])c1cccc2ccccc12)c1ccc2oc3cccc(-c4nc(-c5ccccc5)nc(-c5ccccc5)n4)c3c2c1. The Balaban J connectivity index is 1.21. The molecule has 0 atom stereocenters. The fourth-order valence-corrected chi connectivity index (χ4v) is 5.95. The van der Waals surface area contributed by atoms with Crippen molar-refractivity contribution >= 4 is 44.1 Å². The van der Waals surface area contributed by atoms with Crippen LogP contribution >= 0.6 is 0 Å². The van der Waals surface area contributed by atoms with Crippen LogP contribution in [0.25, 0.3) is 66.9 Å². The number of nitrogens with two attached hydrogens (primary N) is 1. The standard InChI is InChI=1S/C41H27N5O/c42-34(22-23-35(43)31-18-9-16-26-11-7-8-17-30(26)31)29-21-24-36-33(25-29)38-32(19-10-20-37(38)47-36)41-45-39(27-12-3-1-4-13-27)44-40(46-41)28-14-5-2-6-15-28/h1-25,42-43H/p+1/b23-22-,42-34?,43-35?. The van der Waals surface area contributed by atoms with E-state index >= 15 is 0 Å². The molecule has 0 fully saturated rings. The lowest BCUT2D eigenvalue weighted by molar-refractivity contribution is -0.110. The minimum Gasteiger partial charge on any atom is -0.456 e. The van der Waals surface area contributed by atoms with Crippen molar-refractivity contribution < 1.29 is 9.83 Å². The molecule has 6 heteroatoms. The van der Waals surface area contributed by atoms with E-state index in [1.807, 2.05) is 121 Å². The van der Waals surface area contributed by atoms with E-state index in [-0.39, 0.29) is 0 Å². The number of allylic oxidation sites excluding steroid dienone is 2. The van der Waals surface area contributed by atoms with Crippen LogP contribution in [0, 0.1) is 5.41 Å². The van der Waals surface area contributed by atoms with Gasteiger partial charge >= 0.3 is 0 Å². The van der Waals surface area contributed by atoms with E-state index in [4.69, 9.17) is 30.2 Å². The minimum atomic E-state index is 0.333. The second-order valence-electron chi connectivity index (χ2n) is 11.3. The third kappa shape index (κ3) is 5.28. The maximum absolute atomic E-state index is 8.93. The van der Waals surface area contributed by atoms with E-state index in [2.05, 4.69) is 18.2 Å². The van der Waals surface area contributed by atoms with Crippen molar-refractivity contribution in [1.29, 1.82) is 5.41 Å². The van der Waals surface area contributed by atoms with E-state index in [0.29, 0.717) is 34.5 Å². The number of nitrogens with one attached hydrogen (secondary N) is 1. The largest absolute Gasteiger partial charge is 0.456 e. The lowest BCUT2D eigenvalue weighted by atomic mass is 9.99. The zero-order valence-electron chi connectivity index (χ0n) is 25.3. The Bertz CT molecular complexity index is 2440. The number of hydrogen-bond donors (Lipinski definition) is 2. The molecule has 0 aliphatic carbocycles. The summed E-state index contributed by atoms with van der Waals surface area (Å²) < 4.78 is 6.29. The second kappa shape index (κ2) is 11.8. The van der Waals surface area contributed by atoms with E-state index in [1.165, 1.54) is 0 Å². The quantitative estimate of drug-likeness (QED) is 0.179. The van der Waals surface area contributed by atoms with E-state index < -0.39 is 0 Å². The average molecular weight is 607 g/mol. The van der Waals surface area contributed by atoms with Crippen molar-refractivity contribution in [3.63, 3.8) is 0 Å². The topological polar surface area (TPSA) is 101 Å². The highest BCUT2D eigenvalue weighted by atomic mass is 16.3. The normalized spacial score (nSPS) is 11.5. The number of aromatic nitrogens is 3. The van der Waals surface area contributed by atoms with Crippen molar-refractivity contribution in [2.45, 2.75) is 0 Å². The lowest BCUT2D eigenvalue weighted by Gasteiger charge is -2.09. The highest BCUT2D eigenvalue weighted by Gasteiger charge is 2.18. The summed E-state index contributed by atoms with van der Waals surface area (Å²) in [5.74, 6) is 1.72. The molecule has 8 rings (SSSR count). The molecule has 0 spiro atoms. The molecule has 0 radical (unpaired) electrons. The average Bonchev–Trinajstić information content (AvgIpc) is 3.52. The molecule has 0 bridgehead atoms. The van der Waals surface area contributed by atoms with Gasteiger partial charge < -0.3 is 9.83 Å². The molecule has 0 saturated carbocycles. The van der Waals surface area contributed by atoms with E-state index in [9.17, 15) is 0 Å². The monoisotopic (exact) mass is 606 g/mol. The van der Waals surface area contributed by atoms with Gasteiger partial charge in [0.15, 0.2) is 17.5 Å². The molecule has 0 unspecified atom stereocenters. The molecule has 222 valence electrons. The molecule has 0 amide bonds. The molecule has 2 aromatic heterocycles. The first kappa shape index (κ1) is 28.0. The van der Waals surface area contributed by atoms with Crippen LogP contribution in [-0.2, 0) is 0 Å². The minimum absolute atomic E-state index is 0.333. The molecule has 6 nitrogen and oxygen atoms in total. The molecule has 0 aliphatic rings. The Morgan fingerprint density at radius 2 is 1.21 bits per heavy atom. The second-order valence-corrected chi connectivity index (χ2v) is 11.3. The predicted molar refractivity (Wildman–Crippen MR) is 189 cm³/mol. The maximum Gasteiger partial charge on any atom is 0.204 e. The number of benzene rings is 6. The number of nitrogens with zero attached hydrogens (tertiary/aromatic N) is 3. The summed E-state index contributed by atoms with van der Waals surface area (Å²) in [6, 6.07) is 45.8. The fraction of sp³-hybridized carbons (Fsp3) is 0. The van der Waals surface area contributed by atoms with Crippen LogP contribution < -0.4 is 5.41 Å². The van der Waals surface area contributed by atoms with Gasteiger partial charge in [0.2, 0.25) is 5.71 Å². The third-order valence-electron chi connectivity index (χ3n) is 8.28. The van der Waals surface area contributed by atoms with Crippen LogP contribution in [0.15, 0.2) is 156 Å².